The third-order valence-electron chi connectivity index (χ3n) is 4.42. The van der Waals surface area contributed by atoms with Crippen LogP contribution in [0.3, 0.4) is 0 Å². The monoisotopic (exact) mass is 406 g/mol. The summed E-state index contributed by atoms with van der Waals surface area (Å²) in [5.74, 6) is 0.622. The number of unbranched alkanes of at least 4 members (excludes halogenated alkanes) is 2. The number of amides is 3. The number of urea groups is 1. The summed E-state index contributed by atoms with van der Waals surface area (Å²) in [5, 5.41) is 19.5. The molecule has 1 heterocycles. The van der Waals surface area contributed by atoms with Crippen molar-refractivity contribution < 1.29 is 24.0 Å². The Morgan fingerprint density at radius 2 is 1.97 bits per heavy atom. The van der Waals surface area contributed by atoms with Crippen molar-refractivity contribution in [1.82, 2.24) is 16.0 Å². The summed E-state index contributed by atoms with van der Waals surface area (Å²) in [6.45, 7) is 2.50. The zero-order chi connectivity index (χ0) is 21.2. The van der Waals surface area contributed by atoms with Gasteiger partial charge in [0.2, 0.25) is 0 Å². The molecule has 1 aliphatic rings. The van der Waals surface area contributed by atoms with E-state index in [0.29, 0.717) is 49.4 Å². The Kier molecular flexibility index (Phi) is 8.26. The van der Waals surface area contributed by atoms with Gasteiger partial charge in [0, 0.05) is 6.54 Å². The third kappa shape index (κ3) is 6.37. The molecule has 0 radical (unpaired) electrons. The van der Waals surface area contributed by atoms with Crippen LogP contribution in [0.4, 0.5) is 9.59 Å². The van der Waals surface area contributed by atoms with Crippen LogP contribution in [-0.4, -0.2) is 37.3 Å². The summed E-state index contributed by atoms with van der Waals surface area (Å²) in [6, 6.07) is 5.45. The normalized spacial score (nSPS) is 15.9. The Hall–Kier alpha value is -3.30. The molecule has 1 atom stereocenters. The van der Waals surface area contributed by atoms with Gasteiger partial charge in [-0.2, -0.15) is 0 Å². The summed E-state index contributed by atoms with van der Waals surface area (Å²) in [5.41, 5.74) is 0.834. The average molecular weight is 406 g/mol. The quantitative estimate of drug-likeness (QED) is 0.311. The molecule has 158 valence electrons. The lowest BCUT2D eigenvalue weighted by atomic mass is 9.98. The summed E-state index contributed by atoms with van der Waals surface area (Å²) in [4.78, 5) is 34.5. The highest BCUT2D eigenvalue weighted by Gasteiger charge is 2.36. The van der Waals surface area contributed by atoms with Crippen molar-refractivity contribution in [2.24, 2.45) is 0 Å². The molecule has 2 rings (SSSR count). The minimum Gasteiger partial charge on any atom is -0.497 e. The number of nitro groups is 1. The molecule has 1 aromatic rings. The summed E-state index contributed by atoms with van der Waals surface area (Å²) in [7, 11) is 1.53. The molecule has 0 spiro atoms. The van der Waals surface area contributed by atoms with Crippen LogP contribution in [0.15, 0.2) is 35.7 Å². The number of carbonyl (C=O) groups is 2. The molecule has 0 aliphatic carbocycles. The second-order valence-corrected chi connectivity index (χ2v) is 6.38. The van der Waals surface area contributed by atoms with Gasteiger partial charge in [-0.1, -0.05) is 18.6 Å². The van der Waals surface area contributed by atoms with E-state index in [2.05, 4.69) is 16.0 Å². The van der Waals surface area contributed by atoms with E-state index in [9.17, 15) is 19.7 Å². The van der Waals surface area contributed by atoms with E-state index in [-0.39, 0.29) is 5.70 Å². The van der Waals surface area contributed by atoms with Crippen LogP contribution in [0.25, 0.3) is 0 Å². The fraction of sp³-hybridized carbons (Fsp3) is 0.474. The molecular weight excluding hydrogens is 380 g/mol. The Labute approximate surface area is 168 Å². The van der Waals surface area contributed by atoms with E-state index in [4.69, 9.17) is 9.47 Å². The third-order valence-corrected chi connectivity index (χ3v) is 4.42. The molecule has 0 saturated carbocycles. The fourth-order valence-corrected chi connectivity index (χ4v) is 3.03. The van der Waals surface area contributed by atoms with Crippen molar-refractivity contribution in [2.45, 2.75) is 38.6 Å². The van der Waals surface area contributed by atoms with Gasteiger partial charge in [-0.05, 0) is 43.9 Å². The first-order valence-corrected chi connectivity index (χ1v) is 9.45. The molecular formula is C19H26N4O6. The molecule has 1 aliphatic heterocycles. The topological polar surface area (TPSA) is 132 Å². The lowest BCUT2D eigenvalue weighted by Crippen LogP contribution is -2.45. The van der Waals surface area contributed by atoms with Gasteiger partial charge in [-0.15, -0.1) is 0 Å². The molecule has 3 amide bonds. The van der Waals surface area contributed by atoms with E-state index < -0.39 is 23.1 Å². The van der Waals surface area contributed by atoms with Crippen LogP contribution in [0, 0.1) is 10.1 Å². The molecule has 0 fully saturated rings. The SMILES string of the molecule is CCOC(=O)NCCCCCC1=C([N+](=O)[O-])[C@H](c2ccc(OC)cc2)NC(=O)N1. The van der Waals surface area contributed by atoms with E-state index in [1.807, 2.05) is 0 Å². The smallest absolute Gasteiger partial charge is 0.407 e. The van der Waals surface area contributed by atoms with Crippen molar-refractivity contribution in [3.63, 3.8) is 0 Å². The van der Waals surface area contributed by atoms with Gasteiger partial charge in [-0.3, -0.25) is 10.1 Å². The lowest BCUT2D eigenvalue weighted by Gasteiger charge is -2.25. The largest absolute Gasteiger partial charge is 0.497 e. The maximum absolute atomic E-state index is 12.1. The maximum atomic E-state index is 12.1. The summed E-state index contributed by atoms with van der Waals surface area (Å²) < 4.78 is 9.88. The minimum atomic E-state index is -0.842. The number of benzene rings is 1. The first-order valence-electron chi connectivity index (χ1n) is 9.45. The molecule has 0 aromatic heterocycles. The van der Waals surface area contributed by atoms with E-state index >= 15 is 0 Å². The first-order chi connectivity index (χ1) is 14.0. The molecule has 0 bridgehead atoms. The highest BCUT2D eigenvalue weighted by molar-refractivity contribution is 5.78. The standard InChI is InChI=1S/C19H26N4O6/c1-3-29-19(25)20-12-6-4-5-7-15-17(23(26)27)16(22-18(24)21-15)13-8-10-14(28-2)11-9-13/h8-11,16H,3-7,12H2,1-2H3,(H,20,25)(H2,21,22,24)/t16-/m0/s1. The molecule has 10 nitrogen and oxygen atoms in total. The number of allylic oxidation sites excluding steroid dienone is 1. The number of ether oxygens (including phenoxy) is 2. The van der Waals surface area contributed by atoms with Crippen LogP contribution in [0.2, 0.25) is 0 Å². The van der Waals surface area contributed by atoms with Crippen molar-refractivity contribution in [2.75, 3.05) is 20.3 Å². The van der Waals surface area contributed by atoms with E-state index in [0.717, 1.165) is 6.42 Å². The molecule has 29 heavy (non-hydrogen) atoms. The van der Waals surface area contributed by atoms with Crippen LogP contribution in [0.5, 0.6) is 5.75 Å². The number of methoxy groups -OCH3 is 1. The second kappa shape index (κ2) is 10.9. The van der Waals surface area contributed by atoms with Crippen molar-refractivity contribution in [3.8, 4) is 5.75 Å². The fourth-order valence-electron chi connectivity index (χ4n) is 3.03. The van der Waals surface area contributed by atoms with Crippen LogP contribution >= 0.6 is 0 Å². The number of nitrogens with one attached hydrogen (secondary N) is 3. The Bertz CT molecular complexity index is 762. The van der Waals surface area contributed by atoms with Gasteiger partial charge in [0.05, 0.1) is 24.3 Å². The number of alkyl carbamates (subject to hydrolysis) is 1. The molecule has 0 unspecified atom stereocenters. The number of hydrogen-bond acceptors (Lipinski definition) is 6. The zero-order valence-corrected chi connectivity index (χ0v) is 16.5. The molecule has 3 N–H and O–H groups in total. The number of nitrogens with zero attached hydrogens (tertiary/aromatic N) is 1. The zero-order valence-electron chi connectivity index (χ0n) is 16.5. The van der Waals surface area contributed by atoms with Gasteiger partial charge >= 0.3 is 12.1 Å². The Balaban J connectivity index is 2.01. The minimum absolute atomic E-state index is 0.0700. The van der Waals surface area contributed by atoms with Gasteiger partial charge in [-0.25, -0.2) is 9.59 Å². The van der Waals surface area contributed by atoms with Gasteiger partial charge < -0.3 is 25.4 Å². The summed E-state index contributed by atoms with van der Waals surface area (Å²) >= 11 is 0. The summed E-state index contributed by atoms with van der Waals surface area (Å²) in [6.07, 6.45) is 1.97. The lowest BCUT2D eigenvalue weighted by molar-refractivity contribution is -0.433. The Morgan fingerprint density at radius 1 is 1.24 bits per heavy atom. The first kappa shape index (κ1) is 22.0. The predicted molar refractivity (Wildman–Crippen MR) is 105 cm³/mol. The van der Waals surface area contributed by atoms with Crippen molar-refractivity contribution in [3.05, 3.63) is 51.3 Å². The van der Waals surface area contributed by atoms with Gasteiger partial charge in [0.25, 0.3) is 5.70 Å². The number of hydrogen-bond donors (Lipinski definition) is 3. The Morgan fingerprint density at radius 3 is 2.59 bits per heavy atom. The molecule has 10 heteroatoms. The molecule has 0 saturated heterocycles. The van der Waals surface area contributed by atoms with Gasteiger partial charge in [0.1, 0.15) is 11.8 Å². The highest BCUT2D eigenvalue weighted by Crippen LogP contribution is 2.30. The maximum Gasteiger partial charge on any atom is 0.407 e. The molecule has 1 aromatic carbocycles. The number of carbonyl (C=O) groups excluding carboxylic acids is 2. The van der Waals surface area contributed by atoms with Crippen LogP contribution < -0.4 is 20.7 Å². The van der Waals surface area contributed by atoms with Crippen LogP contribution in [0.1, 0.15) is 44.2 Å². The van der Waals surface area contributed by atoms with Gasteiger partial charge in [0.15, 0.2) is 0 Å². The highest BCUT2D eigenvalue weighted by atomic mass is 16.6. The number of rotatable bonds is 10. The van der Waals surface area contributed by atoms with E-state index in [1.54, 1.807) is 31.2 Å². The average Bonchev–Trinajstić information content (AvgIpc) is 2.70. The van der Waals surface area contributed by atoms with E-state index in [1.165, 1.54) is 7.11 Å². The second-order valence-electron chi connectivity index (χ2n) is 6.38. The predicted octanol–water partition coefficient (Wildman–Crippen LogP) is 2.84. The van der Waals surface area contributed by atoms with Crippen molar-refractivity contribution >= 4 is 12.1 Å². The van der Waals surface area contributed by atoms with Crippen LogP contribution in [-0.2, 0) is 4.74 Å². The van der Waals surface area contributed by atoms with Crippen molar-refractivity contribution in [1.29, 1.82) is 0 Å².